The monoisotopic (exact) mass is 271 g/mol. The molecule has 0 amide bonds. The number of rotatable bonds is 9. The van der Waals surface area contributed by atoms with E-state index in [1.807, 2.05) is 0 Å². The van der Waals surface area contributed by atoms with E-state index in [9.17, 15) is 13.9 Å². The Balaban J connectivity index is 2.25. The number of aliphatic hydroxyl groups excluding tert-OH is 1. The SMILES string of the molecule is C=CCCOCCNCC(O)c1cc(F)ccc1F. The number of hydrogen-bond donors (Lipinski definition) is 2. The predicted octanol–water partition coefficient (Wildman–Crippen LogP) is 2.18. The van der Waals surface area contributed by atoms with E-state index in [2.05, 4.69) is 11.9 Å². The summed E-state index contributed by atoms with van der Waals surface area (Å²) in [6.45, 7) is 5.34. The lowest BCUT2D eigenvalue weighted by atomic mass is 10.1. The number of benzene rings is 1. The third-order valence-electron chi connectivity index (χ3n) is 2.54. The molecule has 0 bridgehead atoms. The van der Waals surface area contributed by atoms with E-state index in [1.165, 1.54) is 0 Å². The molecule has 0 fully saturated rings. The number of nitrogens with one attached hydrogen (secondary N) is 1. The van der Waals surface area contributed by atoms with Crippen molar-refractivity contribution in [2.24, 2.45) is 0 Å². The highest BCUT2D eigenvalue weighted by Gasteiger charge is 2.13. The summed E-state index contributed by atoms with van der Waals surface area (Å²) in [5.41, 5.74) is -0.0416. The molecular weight excluding hydrogens is 252 g/mol. The maximum atomic E-state index is 13.3. The molecule has 1 aromatic rings. The standard InChI is InChI=1S/C14H19F2NO2/c1-2-3-7-19-8-6-17-10-14(18)12-9-11(15)4-5-13(12)16/h2,4-5,9,14,17-18H,1,3,6-8,10H2. The maximum Gasteiger partial charge on any atom is 0.129 e. The molecule has 0 aliphatic rings. The lowest BCUT2D eigenvalue weighted by Gasteiger charge is -2.13. The summed E-state index contributed by atoms with van der Waals surface area (Å²) in [4.78, 5) is 0. The molecule has 2 N–H and O–H groups in total. The molecule has 1 atom stereocenters. The largest absolute Gasteiger partial charge is 0.387 e. The van der Waals surface area contributed by atoms with Crippen LogP contribution in [0.5, 0.6) is 0 Å². The Morgan fingerprint density at radius 3 is 2.89 bits per heavy atom. The summed E-state index contributed by atoms with van der Waals surface area (Å²) >= 11 is 0. The quantitative estimate of drug-likeness (QED) is 0.534. The normalized spacial score (nSPS) is 12.4. The molecule has 1 unspecified atom stereocenters. The molecule has 19 heavy (non-hydrogen) atoms. The smallest absolute Gasteiger partial charge is 0.129 e. The summed E-state index contributed by atoms with van der Waals surface area (Å²) in [6, 6.07) is 3.03. The number of aliphatic hydroxyl groups is 1. The highest BCUT2D eigenvalue weighted by Crippen LogP contribution is 2.17. The fourth-order valence-corrected chi connectivity index (χ4v) is 1.53. The van der Waals surface area contributed by atoms with Gasteiger partial charge >= 0.3 is 0 Å². The Labute approximate surface area is 111 Å². The van der Waals surface area contributed by atoms with Crippen LogP contribution in [0.25, 0.3) is 0 Å². The van der Waals surface area contributed by atoms with Crippen LogP contribution >= 0.6 is 0 Å². The second-order valence-corrected chi connectivity index (χ2v) is 4.08. The van der Waals surface area contributed by atoms with Gasteiger partial charge in [-0.1, -0.05) is 6.08 Å². The first-order valence-electron chi connectivity index (χ1n) is 6.17. The molecule has 0 spiro atoms. The zero-order chi connectivity index (χ0) is 14.1. The van der Waals surface area contributed by atoms with Crippen LogP contribution in [-0.4, -0.2) is 31.4 Å². The average molecular weight is 271 g/mol. The molecule has 0 aromatic heterocycles. The second kappa shape index (κ2) is 8.74. The van der Waals surface area contributed by atoms with Gasteiger partial charge in [-0.05, 0) is 24.6 Å². The molecule has 0 aliphatic heterocycles. The first-order chi connectivity index (χ1) is 9.15. The number of halogens is 2. The molecule has 1 aromatic carbocycles. The van der Waals surface area contributed by atoms with Gasteiger partial charge in [-0.3, -0.25) is 0 Å². The van der Waals surface area contributed by atoms with E-state index in [1.54, 1.807) is 6.08 Å². The fraction of sp³-hybridized carbons (Fsp3) is 0.429. The van der Waals surface area contributed by atoms with Crippen molar-refractivity contribution in [3.8, 4) is 0 Å². The van der Waals surface area contributed by atoms with Crippen LogP contribution in [0.2, 0.25) is 0 Å². The number of hydrogen-bond acceptors (Lipinski definition) is 3. The molecule has 1 rings (SSSR count). The minimum atomic E-state index is -1.08. The van der Waals surface area contributed by atoms with Crippen molar-refractivity contribution in [3.05, 3.63) is 48.1 Å². The Morgan fingerprint density at radius 2 is 2.16 bits per heavy atom. The summed E-state index contributed by atoms with van der Waals surface area (Å²) in [6.07, 6.45) is 1.48. The molecule has 0 aliphatic carbocycles. The minimum Gasteiger partial charge on any atom is -0.387 e. The van der Waals surface area contributed by atoms with Crippen molar-refractivity contribution in [2.45, 2.75) is 12.5 Å². The van der Waals surface area contributed by atoms with Gasteiger partial charge in [-0.2, -0.15) is 0 Å². The third kappa shape index (κ3) is 5.92. The summed E-state index contributed by atoms with van der Waals surface area (Å²) in [5, 5.41) is 12.7. The van der Waals surface area contributed by atoms with Crippen molar-refractivity contribution in [1.82, 2.24) is 5.32 Å². The maximum absolute atomic E-state index is 13.3. The predicted molar refractivity (Wildman–Crippen MR) is 69.8 cm³/mol. The van der Waals surface area contributed by atoms with Gasteiger partial charge in [0.05, 0.1) is 19.3 Å². The van der Waals surface area contributed by atoms with Gasteiger partial charge in [0.2, 0.25) is 0 Å². The van der Waals surface area contributed by atoms with Crippen LogP contribution in [0.15, 0.2) is 30.9 Å². The highest BCUT2D eigenvalue weighted by atomic mass is 19.1. The van der Waals surface area contributed by atoms with E-state index in [-0.39, 0.29) is 12.1 Å². The molecule has 0 saturated carbocycles. The third-order valence-corrected chi connectivity index (χ3v) is 2.54. The lowest BCUT2D eigenvalue weighted by Crippen LogP contribution is -2.26. The van der Waals surface area contributed by atoms with Crippen LogP contribution in [0, 0.1) is 11.6 Å². The highest BCUT2D eigenvalue weighted by molar-refractivity contribution is 5.21. The summed E-state index contributed by atoms with van der Waals surface area (Å²) in [5.74, 6) is -1.18. The first kappa shape index (κ1) is 15.8. The van der Waals surface area contributed by atoms with Gasteiger partial charge in [-0.15, -0.1) is 6.58 Å². The minimum absolute atomic E-state index is 0.0416. The van der Waals surface area contributed by atoms with Crippen LogP contribution in [0.1, 0.15) is 18.1 Å². The van der Waals surface area contributed by atoms with Gasteiger partial charge in [0.15, 0.2) is 0 Å². The summed E-state index contributed by atoms with van der Waals surface area (Å²) < 4.78 is 31.5. The molecule has 0 radical (unpaired) electrons. The Kier molecular flexibility index (Phi) is 7.25. The molecule has 0 saturated heterocycles. The van der Waals surface area contributed by atoms with Crippen LogP contribution in [0.4, 0.5) is 8.78 Å². The van der Waals surface area contributed by atoms with Crippen molar-refractivity contribution in [1.29, 1.82) is 0 Å². The van der Waals surface area contributed by atoms with E-state index in [0.29, 0.717) is 19.8 Å². The van der Waals surface area contributed by atoms with E-state index in [0.717, 1.165) is 24.6 Å². The topological polar surface area (TPSA) is 41.5 Å². The fourth-order valence-electron chi connectivity index (χ4n) is 1.53. The van der Waals surface area contributed by atoms with Crippen LogP contribution in [0.3, 0.4) is 0 Å². The van der Waals surface area contributed by atoms with Crippen molar-refractivity contribution >= 4 is 0 Å². The zero-order valence-corrected chi connectivity index (χ0v) is 10.7. The molecular formula is C14H19F2NO2. The van der Waals surface area contributed by atoms with E-state index < -0.39 is 17.7 Å². The molecule has 0 heterocycles. The van der Waals surface area contributed by atoms with Gasteiger partial charge in [-0.25, -0.2) is 8.78 Å². The molecule has 106 valence electrons. The van der Waals surface area contributed by atoms with Crippen molar-refractivity contribution in [2.75, 3.05) is 26.3 Å². The first-order valence-corrected chi connectivity index (χ1v) is 6.17. The van der Waals surface area contributed by atoms with Gasteiger partial charge in [0.1, 0.15) is 11.6 Å². The Hall–Kier alpha value is -1.30. The zero-order valence-electron chi connectivity index (χ0n) is 10.7. The van der Waals surface area contributed by atoms with Gasteiger partial charge in [0, 0.05) is 18.7 Å². The molecule has 3 nitrogen and oxygen atoms in total. The van der Waals surface area contributed by atoms with E-state index >= 15 is 0 Å². The number of ether oxygens (including phenoxy) is 1. The Bertz CT molecular complexity index is 399. The van der Waals surface area contributed by atoms with E-state index in [4.69, 9.17) is 4.74 Å². The second-order valence-electron chi connectivity index (χ2n) is 4.08. The van der Waals surface area contributed by atoms with Crippen LogP contribution < -0.4 is 5.32 Å². The van der Waals surface area contributed by atoms with Crippen LogP contribution in [-0.2, 0) is 4.74 Å². The molecule has 5 heteroatoms. The Morgan fingerprint density at radius 1 is 1.37 bits per heavy atom. The van der Waals surface area contributed by atoms with Crippen molar-refractivity contribution < 1.29 is 18.6 Å². The average Bonchev–Trinajstić information content (AvgIpc) is 2.40. The van der Waals surface area contributed by atoms with Gasteiger partial charge in [0.25, 0.3) is 0 Å². The van der Waals surface area contributed by atoms with Crippen molar-refractivity contribution in [3.63, 3.8) is 0 Å². The summed E-state index contributed by atoms with van der Waals surface area (Å²) in [7, 11) is 0. The van der Waals surface area contributed by atoms with Gasteiger partial charge < -0.3 is 15.2 Å². The lowest BCUT2D eigenvalue weighted by molar-refractivity contribution is 0.130.